The lowest BCUT2D eigenvalue weighted by Crippen LogP contribution is -2.32. The first-order chi connectivity index (χ1) is 4.43. The van der Waals surface area contributed by atoms with Crippen molar-refractivity contribution < 1.29 is 0 Å². The molecular formula is C8H13N. The van der Waals surface area contributed by atoms with Gasteiger partial charge in [0.05, 0.1) is 6.04 Å². The molecule has 1 heterocycles. The molecule has 9 heavy (non-hydrogen) atoms. The Morgan fingerprint density at radius 3 is 2.89 bits per heavy atom. The Morgan fingerprint density at radius 1 is 1.44 bits per heavy atom. The van der Waals surface area contributed by atoms with Gasteiger partial charge in [-0.2, -0.15) is 0 Å². The van der Waals surface area contributed by atoms with E-state index in [0.29, 0.717) is 6.04 Å². The highest BCUT2D eigenvalue weighted by atomic mass is 14.9. The first kappa shape index (κ1) is 6.64. The van der Waals surface area contributed by atoms with E-state index in [2.05, 4.69) is 17.2 Å². The molecule has 1 rings (SSSR count). The topological polar surface area (TPSA) is 12.0 Å². The summed E-state index contributed by atoms with van der Waals surface area (Å²) in [6, 6.07) is 0.490. The summed E-state index contributed by atoms with van der Waals surface area (Å²) in [7, 11) is 0. The molecule has 0 saturated carbocycles. The fourth-order valence-electron chi connectivity index (χ4n) is 1.15. The SMILES string of the molecule is CC#CC1CCCCN1. The third kappa shape index (κ3) is 2.07. The molecule has 0 radical (unpaired) electrons. The Hall–Kier alpha value is -0.480. The van der Waals surface area contributed by atoms with Crippen molar-refractivity contribution in [2.45, 2.75) is 32.2 Å². The average Bonchev–Trinajstić information content (AvgIpc) is 1.91. The Labute approximate surface area is 56.8 Å². The van der Waals surface area contributed by atoms with E-state index >= 15 is 0 Å². The van der Waals surface area contributed by atoms with Crippen LogP contribution in [0.3, 0.4) is 0 Å². The zero-order valence-corrected chi connectivity index (χ0v) is 5.91. The molecule has 1 aliphatic heterocycles. The van der Waals surface area contributed by atoms with Crippen LogP contribution in [0.5, 0.6) is 0 Å². The summed E-state index contributed by atoms with van der Waals surface area (Å²) in [6.45, 7) is 3.05. The van der Waals surface area contributed by atoms with Gasteiger partial charge < -0.3 is 5.32 Å². The number of nitrogens with one attached hydrogen (secondary N) is 1. The molecule has 1 heteroatoms. The standard InChI is InChI=1S/C8H13N/c1-2-5-8-6-3-4-7-9-8/h8-9H,3-4,6-7H2,1H3. The Balaban J connectivity index is 2.28. The molecule has 1 atom stereocenters. The van der Waals surface area contributed by atoms with Crippen LogP contribution in [-0.2, 0) is 0 Å². The van der Waals surface area contributed by atoms with Crippen molar-refractivity contribution in [1.82, 2.24) is 5.32 Å². The van der Waals surface area contributed by atoms with Crippen molar-refractivity contribution in [3.05, 3.63) is 0 Å². The van der Waals surface area contributed by atoms with Crippen LogP contribution in [-0.4, -0.2) is 12.6 Å². The smallest absolute Gasteiger partial charge is 0.0689 e. The van der Waals surface area contributed by atoms with Crippen LogP contribution in [0.25, 0.3) is 0 Å². The number of hydrogen-bond donors (Lipinski definition) is 1. The highest BCUT2D eigenvalue weighted by molar-refractivity contribution is 5.06. The van der Waals surface area contributed by atoms with E-state index in [4.69, 9.17) is 0 Å². The lowest BCUT2D eigenvalue weighted by molar-refractivity contribution is 0.464. The summed E-state index contributed by atoms with van der Waals surface area (Å²) in [4.78, 5) is 0. The van der Waals surface area contributed by atoms with Gasteiger partial charge in [0, 0.05) is 0 Å². The lowest BCUT2D eigenvalue weighted by Gasteiger charge is -2.17. The van der Waals surface area contributed by atoms with Gasteiger partial charge in [-0.3, -0.25) is 0 Å². The third-order valence-electron chi connectivity index (χ3n) is 1.63. The quantitative estimate of drug-likeness (QED) is 0.476. The zero-order valence-electron chi connectivity index (χ0n) is 5.91. The van der Waals surface area contributed by atoms with Crippen LogP contribution in [0.1, 0.15) is 26.2 Å². The van der Waals surface area contributed by atoms with Gasteiger partial charge in [-0.25, -0.2) is 0 Å². The average molecular weight is 123 g/mol. The minimum absolute atomic E-state index is 0.490. The first-order valence-corrected chi connectivity index (χ1v) is 3.59. The zero-order chi connectivity index (χ0) is 6.53. The van der Waals surface area contributed by atoms with Crippen molar-refractivity contribution in [1.29, 1.82) is 0 Å². The van der Waals surface area contributed by atoms with Gasteiger partial charge in [0.25, 0.3) is 0 Å². The minimum atomic E-state index is 0.490. The van der Waals surface area contributed by atoms with Gasteiger partial charge in [-0.1, -0.05) is 5.92 Å². The van der Waals surface area contributed by atoms with E-state index < -0.39 is 0 Å². The maximum absolute atomic E-state index is 3.35. The van der Waals surface area contributed by atoms with Gasteiger partial charge >= 0.3 is 0 Å². The highest BCUT2D eigenvalue weighted by Crippen LogP contribution is 2.04. The van der Waals surface area contributed by atoms with E-state index in [9.17, 15) is 0 Å². The number of rotatable bonds is 0. The van der Waals surface area contributed by atoms with Crippen LogP contribution in [0.4, 0.5) is 0 Å². The largest absolute Gasteiger partial charge is 0.304 e. The highest BCUT2D eigenvalue weighted by Gasteiger charge is 2.07. The molecule has 1 unspecified atom stereocenters. The van der Waals surface area contributed by atoms with Crippen molar-refractivity contribution in [3.8, 4) is 11.8 Å². The van der Waals surface area contributed by atoms with Gasteiger partial charge in [0.2, 0.25) is 0 Å². The van der Waals surface area contributed by atoms with Crippen LogP contribution in [0.2, 0.25) is 0 Å². The molecule has 1 aliphatic rings. The summed E-state index contributed by atoms with van der Waals surface area (Å²) in [5, 5.41) is 3.35. The molecule has 1 N–H and O–H groups in total. The fourth-order valence-corrected chi connectivity index (χ4v) is 1.15. The van der Waals surface area contributed by atoms with Crippen molar-refractivity contribution in [3.63, 3.8) is 0 Å². The van der Waals surface area contributed by atoms with Crippen molar-refractivity contribution in [2.75, 3.05) is 6.54 Å². The minimum Gasteiger partial charge on any atom is -0.304 e. The van der Waals surface area contributed by atoms with Crippen LogP contribution in [0, 0.1) is 11.8 Å². The second-order valence-corrected chi connectivity index (χ2v) is 2.40. The predicted molar refractivity (Wildman–Crippen MR) is 39.1 cm³/mol. The van der Waals surface area contributed by atoms with Gasteiger partial charge in [0.15, 0.2) is 0 Å². The normalized spacial score (nSPS) is 26.6. The monoisotopic (exact) mass is 123 g/mol. The van der Waals surface area contributed by atoms with E-state index in [1.54, 1.807) is 0 Å². The number of hydrogen-bond acceptors (Lipinski definition) is 1. The summed E-state index contributed by atoms with van der Waals surface area (Å²) < 4.78 is 0. The van der Waals surface area contributed by atoms with Crippen LogP contribution >= 0.6 is 0 Å². The summed E-state index contributed by atoms with van der Waals surface area (Å²) in [6.07, 6.45) is 3.90. The molecule has 0 aliphatic carbocycles. The van der Waals surface area contributed by atoms with Crippen molar-refractivity contribution in [2.24, 2.45) is 0 Å². The van der Waals surface area contributed by atoms with E-state index in [0.717, 1.165) is 6.54 Å². The van der Waals surface area contributed by atoms with Gasteiger partial charge in [-0.15, -0.1) is 5.92 Å². The van der Waals surface area contributed by atoms with Crippen molar-refractivity contribution >= 4 is 0 Å². The van der Waals surface area contributed by atoms with Gasteiger partial charge in [0.1, 0.15) is 0 Å². The molecule has 0 spiro atoms. The maximum atomic E-state index is 3.35. The maximum Gasteiger partial charge on any atom is 0.0689 e. The molecule has 0 bridgehead atoms. The first-order valence-electron chi connectivity index (χ1n) is 3.59. The van der Waals surface area contributed by atoms with E-state index in [1.165, 1.54) is 19.3 Å². The molecule has 0 aromatic heterocycles. The molecule has 0 aromatic rings. The predicted octanol–water partition coefficient (Wildman–Crippen LogP) is 1.15. The van der Waals surface area contributed by atoms with E-state index in [1.807, 2.05) is 6.92 Å². The Bertz CT molecular complexity index is 123. The summed E-state index contributed by atoms with van der Waals surface area (Å²) >= 11 is 0. The molecule has 1 nitrogen and oxygen atoms in total. The second-order valence-electron chi connectivity index (χ2n) is 2.40. The molecule has 1 fully saturated rings. The Morgan fingerprint density at radius 2 is 2.33 bits per heavy atom. The number of piperidine rings is 1. The fraction of sp³-hybridized carbons (Fsp3) is 0.750. The molecule has 50 valence electrons. The second kappa shape index (κ2) is 3.53. The van der Waals surface area contributed by atoms with Crippen LogP contribution in [0.15, 0.2) is 0 Å². The Kier molecular flexibility index (Phi) is 2.60. The molecule has 0 amide bonds. The lowest BCUT2D eigenvalue weighted by atomic mass is 10.1. The third-order valence-corrected chi connectivity index (χ3v) is 1.63. The summed E-state index contributed by atoms with van der Waals surface area (Å²) in [5.74, 6) is 6.05. The summed E-state index contributed by atoms with van der Waals surface area (Å²) in [5.41, 5.74) is 0. The molecule has 0 aromatic carbocycles. The van der Waals surface area contributed by atoms with Gasteiger partial charge in [-0.05, 0) is 32.7 Å². The van der Waals surface area contributed by atoms with E-state index in [-0.39, 0.29) is 0 Å². The molecule has 1 saturated heterocycles. The van der Waals surface area contributed by atoms with Crippen LogP contribution < -0.4 is 5.32 Å². The molecular weight excluding hydrogens is 110 g/mol.